The van der Waals surface area contributed by atoms with E-state index in [4.69, 9.17) is 25.8 Å². The third kappa shape index (κ3) is 5.83. The minimum atomic E-state index is -0.268. The van der Waals surface area contributed by atoms with E-state index in [-0.39, 0.29) is 5.82 Å². The molecule has 1 atom stereocenters. The molecule has 0 aliphatic carbocycles. The van der Waals surface area contributed by atoms with Gasteiger partial charge in [-0.1, -0.05) is 23.7 Å². The van der Waals surface area contributed by atoms with Gasteiger partial charge in [0.05, 0.1) is 11.6 Å². The predicted octanol–water partition coefficient (Wildman–Crippen LogP) is 3.70. The van der Waals surface area contributed by atoms with Crippen molar-refractivity contribution in [2.45, 2.75) is 39.0 Å². The molecule has 0 radical (unpaired) electrons. The van der Waals surface area contributed by atoms with E-state index in [1.165, 1.54) is 12.1 Å². The number of ether oxygens (including phenoxy) is 3. The molecule has 6 heteroatoms. The quantitative estimate of drug-likeness (QED) is 0.705. The Kier molecular flexibility index (Phi) is 7.33. The molecule has 0 amide bonds. The van der Waals surface area contributed by atoms with Gasteiger partial charge < -0.3 is 19.5 Å². The number of halogens is 2. The second kappa shape index (κ2) is 9.93. The molecule has 1 aliphatic rings. The minimum Gasteiger partial charge on any atom is -0.490 e. The second-order valence-electron chi connectivity index (χ2n) is 6.62. The Morgan fingerprint density at radius 3 is 2.70 bits per heavy atom. The fourth-order valence-corrected chi connectivity index (χ4v) is 3.43. The molecule has 1 fully saturated rings. The van der Waals surface area contributed by atoms with Crippen LogP contribution < -0.4 is 14.8 Å². The van der Waals surface area contributed by atoms with E-state index in [0.29, 0.717) is 35.8 Å². The molecule has 0 saturated carbocycles. The highest BCUT2D eigenvalue weighted by atomic mass is 35.5. The van der Waals surface area contributed by atoms with Crippen LogP contribution in [0.4, 0.5) is 4.39 Å². The van der Waals surface area contributed by atoms with Crippen LogP contribution in [-0.2, 0) is 17.9 Å². The van der Waals surface area contributed by atoms with Crippen molar-refractivity contribution < 1.29 is 23.9 Å². The zero-order valence-corrected chi connectivity index (χ0v) is 16.3. The molecule has 1 saturated heterocycles. The fourth-order valence-electron chi connectivity index (χ4n) is 3.14. The summed E-state index contributed by atoms with van der Waals surface area (Å²) in [5.41, 5.74) is 1.94. The molecule has 1 heterocycles. The minimum absolute atomic E-state index is 0.268. The van der Waals surface area contributed by atoms with Gasteiger partial charge in [-0.15, -0.1) is 0 Å². The van der Waals surface area contributed by atoms with Gasteiger partial charge in [-0.05, 0) is 49.6 Å². The van der Waals surface area contributed by atoms with Crippen molar-refractivity contribution in [3.63, 3.8) is 0 Å². The van der Waals surface area contributed by atoms with Crippen molar-refractivity contribution in [1.82, 2.24) is 0 Å². The molecule has 2 N–H and O–H groups in total. The first kappa shape index (κ1) is 19.9. The summed E-state index contributed by atoms with van der Waals surface area (Å²) in [6, 6.07) is 10.1. The lowest BCUT2D eigenvalue weighted by atomic mass is 10.2. The van der Waals surface area contributed by atoms with E-state index >= 15 is 0 Å². The molecular weight excluding hydrogens is 369 g/mol. The average molecular weight is 395 g/mol. The smallest absolute Gasteiger partial charge is 0.180 e. The number of benzene rings is 2. The summed E-state index contributed by atoms with van der Waals surface area (Å²) in [5, 5.41) is 2.75. The van der Waals surface area contributed by atoms with Gasteiger partial charge in [0.15, 0.2) is 11.5 Å². The summed E-state index contributed by atoms with van der Waals surface area (Å²) in [7, 11) is 0. The van der Waals surface area contributed by atoms with Crippen molar-refractivity contribution in [3.8, 4) is 11.5 Å². The summed E-state index contributed by atoms with van der Waals surface area (Å²) < 4.78 is 30.3. The van der Waals surface area contributed by atoms with Crippen LogP contribution in [0, 0.1) is 5.82 Å². The Labute approximate surface area is 164 Å². The third-order valence-electron chi connectivity index (χ3n) is 4.50. The lowest BCUT2D eigenvalue weighted by Crippen LogP contribution is -2.84. The number of nitrogens with two attached hydrogens (primary N) is 1. The van der Waals surface area contributed by atoms with Gasteiger partial charge in [0, 0.05) is 12.2 Å². The van der Waals surface area contributed by atoms with Crippen LogP contribution in [0.25, 0.3) is 0 Å². The number of quaternary nitrogens is 1. The molecule has 27 heavy (non-hydrogen) atoms. The van der Waals surface area contributed by atoms with E-state index in [1.54, 1.807) is 12.1 Å². The van der Waals surface area contributed by atoms with E-state index in [0.717, 1.165) is 43.7 Å². The summed E-state index contributed by atoms with van der Waals surface area (Å²) in [5.74, 6) is 0.883. The highest BCUT2D eigenvalue weighted by Gasteiger charge is 2.18. The second-order valence-corrected chi connectivity index (χ2v) is 7.02. The van der Waals surface area contributed by atoms with E-state index in [2.05, 4.69) is 5.32 Å². The molecule has 2 aromatic carbocycles. The first-order chi connectivity index (χ1) is 13.2. The number of rotatable bonds is 9. The van der Waals surface area contributed by atoms with E-state index < -0.39 is 0 Å². The van der Waals surface area contributed by atoms with Crippen molar-refractivity contribution in [2.24, 2.45) is 0 Å². The van der Waals surface area contributed by atoms with Gasteiger partial charge in [0.25, 0.3) is 0 Å². The molecular formula is C21H26ClFNO3+. The van der Waals surface area contributed by atoms with Crippen LogP contribution in [0.2, 0.25) is 5.02 Å². The molecule has 0 spiro atoms. The van der Waals surface area contributed by atoms with Crippen molar-refractivity contribution in [3.05, 3.63) is 58.4 Å². The van der Waals surface area contributed by atoms with Gasteiger partial charge in [-0.25, -0.2) is 4.39 Å². The molecule has 2 aromatic rings. The molecule has 0 aromatic heterocycles. The maximum atomic E-state index is 13.0. The van der Waals surface area contributed by atoms with E-state index in [1.807, 2.05) is 19.1 Å². The Hall–Kier alpha value is -1.82. The number of hydrogen-bond donors (Lipinski definition) is 1. The summed E-state index contributed by atoms with van der Waals surface area (Å²) in [4.78, 5) is 0. The van der Waals surface area contributed by atoms with Crippen LogP contribution in [0.1, 0.15) is 30.9 Å². The van der Waals surface area contributed by atoms with Crippen molar-refractivity contribution >= 4 is 11.6 Å². The van der Waals surface area contributed by atoms with Crippen molar-refractivity contribution in [2.75, 3.05) is 19.8 Å². The largest absolute Gasteiger partial charge is 0.490 e. The van der Waals surface area contributed by atoms with Crippen molar-refractivity contribution in [1.29, 1.82) is 0 Å². The molecule has 0 unspecified atom stereocenters. The molecule has 3 rings (SSSR count). The van der Waals surface area contributed by atoms with Crippen LogP contribution in [0.3, 0.4) is 0 Å². The summed E-state index contributed by atoms with van der Waals surface area (Å²) >= 11 is 6.46. The van der Waals surface area contributed by atoms with Crippen LogP contribution in [0.15, 0.2) is 36.4 Å². The first-order valence-electron chi connectivity index (χ1n) is 9.41. The van der Waals surface area contributed by atoms with Gasteiger partial charge in [0.1, 0.15) is 31.6 Å². The van der Waals surface area contributed by atoms with Gasteiger partial charge in [-0.2, -0.15) is 0 Å². The molecule has 4 nitrogen and oxygen atoms in total. The zero-order valence-electron chi connectivity index (χ0n) is 15.5. The lowest BCUT2D eigenvalue weighted by Gasteiger charge is -2.15. The highest BCUT2D eigenvalue weighted by Crippen LogP contribution is 2.37. The zero-order chi connectivity index (χ0) is 19.1. The Bertz CT molecular complexity index is 733. The van der Waals surface area contributed by atoms with Crippen LogP contribution in [-0.4, -0.2) is 25.9 Å². The standard InChI is InChI=1S/C21H25ClFNO3/c1-2-25-20-11-16(12-24-13-18-4-3-9-26-18)10-19(22)21(20)27-14-15-5-7-17(23)8-6-15/h5-8,10-11,18,24H,2-4,9,12-14H2,1H3/p+1/t18-/m0/s1. The number of hydrogen-bond acceptors (Lipinski definition) is 3. The maximum absolute atomic E-state index is 13.0. The fraction of sp³-hybridized carbons (Fsp3) is 0.429. The lowest BCUT2D eigenvalue weighted by molar-refractivity contribution is -0.676. The summed E-state index contributed by atoms with van der Waals surface area (Å²) in [6.45, 7) is 5.37. The topological polar surface area (TPSA) is 44.3 Å². The highest BCUT2D eigenvalue weighted by molar-refractivity contribution is 6.32. The normalized spacial score (nSPS) is 16.5. The Balaban J connectivity index is 1.64. The molecule has 0 bridgehead atoms. The average Bonchev–Trinajstić information content (AvgIpc) is 3.16. The monoisotopic (exact) mass is 394 g/mol. The van der Waals surface area contributed by atoms with Crippen LogP contribution >= 0.6 is 11.6 Å². The van der Waals surface area contributed by atoms with Gasteiger partial charge in [-0.3, -0.25) is 0 Å². The van der Waals surface area contributed by atoms with Gasteiger partial charge in [0.2, 0.25) is 0 Å². The summed E-state index contributed by atoms with van der Waals surface area (Å²) in [6.07, 6.45) is 2.64. The Morgan fingerprint density at radius 1 is 1.19 bits per heavy atom. The van der Waals surface area contributed by atoms with Crippen LogP contribution in [0.5, 0.6) is 11.5 Å². The third-order valence-corrected chi connectivity index (χ3v) is 4.78. The van der Waals surface area contributed by atoms with Gasteiger partial charge >= 0.3 is 0 Å². The first-order valence-corrected chi connectivity index (χ1v) is 9.79. The predicted molar refractivity (Wildman–Crippen MR) is 103 cm³/mol. The van der Waals surface area contributed by atoms with E-state index in [9.17, 15) is 4.39 Å². The molecule has 1 aliphatic heterocycles. The Morgan fingerprint density at radius 2 is 2.00 bits per heavy atom. The SMILES string of the molecule is CCOc1cc(C[NH2+]C[C@@H]2CCCO2)cc(Cl)c1OCc1ccc(F)cc1. The maximum Gasteiger partial charge on any atom is 0.180 e. The molecule has 146 valence electrons.